The van der Waals surface area contributed by atoms with Crippen LogP contribution in [0, 0.1) is 0 Å². The number of hydrogen-bond acceptors (Lipinski definition) is 7. The number of piperidine rings is 3. The predicted octanol–water partition coefficient (Wildman–Crippen LogP) is 5.07. The van der Waals surface area contributed by atoms with Crippen molar-refractivity contribution in [2.45, 2.75) is 82.1 Å². The lowest BCUT2D eigenvalue weighted by Gasteiger charge is -2.44. The minimum Gasteiger partial charge on any atom is -0.506 e. The number of hydrogen-bond donors (Lipinski definition) is 3. The van der Waals surface area contributed by atoms with Gasteiger partial charge in [0.2, 0.25) is 5.91 Å². The van der Waals surface area contributed by atoms with Crippen LogP contribution in [0.5, 0.6) is 5.75 Å². The first kappa shape index (κ1) is 35.5. The van der Waals surface area contributed by atoms with E-state index in [0.717, 1.165) is 55.5 Å². The van der Waals surface area contributed by atoms with Crippen LogP contribution in [0.2, 0.25) is 0 Å². The number of para-hydroxylation sites is 1. The highest BCUT2D eigenvalue weighted by atomic mass is 79.9. The molecule has 4 aliphatic heterocycles. The summed E-state index contributed by atoms with van der Waals surface area (Å²) < 4.78 is 6.07. The van der Waals surface area contributed by atoms with Gasteiger partial charge in [0.15, 0.2) is 0 Å². The molecule has 0 aromatic heterocycles. The summed E-state index contributed by atoms with van der Waals surface area (Å²) in [6.45, 7) is 3.34. The van der Waals surface area contributed by atoms with Crippen LogP contribution in [0.25, 0.3) is 0 Å². The number of ether oxygens (including phenoxy) is 1. The minimum absolute atomic E-state index is 0.00140. The van der Waals surface area contributed by atoms with Gasteiger partial charge in [0, 0.05) is 56.9 Å². The number of phenols is 1. The van der Waals surface area contributed by atoms with E-state index in [0.29, 0.717) is 54.5 Å². The van der Waals surface area contributed by atoms with E-state index in [4.69, 9.17) is 4.74 Å². The number of benzene rings is 2. The molecule has 0 bridgehead atoms. The van der Waals surface area contributed by atoms with Crippen molar-refractivity contribution < 1.29 is 29.0 Å². The van der Waals surface area contributed by atoms with Crippen molar-refractivity contribution in [1.29, 1.82) is 0 Å². The number of nitrogens with zero attached hydrogens (tertiary/aromatic N) is 4. The number of likely N-dealkylation sites (tertiary alicyclic amines) is 3. The number of esters is 1. The Morgan fingerprint density at radius 3 is 2.29 bits per heavy atom. The number of nitrogens with one attached hydrogen (secondary N) is 2. The Labute approximate surface area is 303 Å². The number of aromatic hydroxyl groups is 1. The molecule has 0 unspecified atom stereocenters. The van der Waals surface area contributed by atoms with E-state index in [1.54, 1.807) is 17.0 Å². The normalized spacial score (nSPS) is 21.5. The van der Waals surface area contributed by atoms with E-state index in [-0.39, 0.29) is 54.2 Å². The zero-order valence-electron chi connectivity index (χ0n) is 27.7. The van der Waals surface area contributed by atoms with E-state index in [9.17, 15) is 24.3 Å². The second-order valence-electron chi connectivity index (χ2n) is 13.4. The third-order valence-electron chi connectivity index (χ3n) is 10.4. The predicted molar refractivity (Wildman–Crippen MR) is 191 cm³/mol. The Morgan fingerprint density at radius 2 is 1.59 bits per heavy atom. The lowest BCUT2D eigenvalue weighted by atomic mass is 9.94. The van der Waals surface area contributed by atoms with E-state index in [1.165, 1.54) is 7.11 Å². The molecule has 49 heavy (non-hydrogen) atoms. The molecule has 2 atom stereocenters. The zero-order chi connectivity index (χ0) is 34.7. The Bertz CT molecular complexity index is 1540. The third-order valence-corrected chi connectivity index (χ3v) is 11.6. The fraction of sp³-hybridized carbons (Fsp3) is 0.543. The van der Waals surface area contributed by atoms with Crippen LogP contribution < -0.4 is 10.6 Å². The average Bonchev–Trinajstić information content (AvgIpc) is 3.12. The van der Waals surface area contributed by atoms with Gasteiger partial charge in [0.05, 0.1) is 16.1 Å². The van der Waals surface area contributed by atoms with Crippen LogP contribution >= 0.6 is 31.9 Å². The number of halogens is 2. The molecule has 0 radical (unpaired) electrons. The van der Waals surface area contributed by atoms with Gasteiger partial charge in [-0.2, -0.15) is 0 Å². The first-order valence-corrected chi connectivity index (χ1v) is 18.7. The summed E-state index contributed by atoms with van der Waals surface area (Å²) in [4.78, 5) is 60.9. The van der Waals surface area contributed by atoms with E-state index in [1.807, 2.05) is 34.1 Å². The first-order chi connectivity index (χ1) is 23.6. The number of amides is 5. The maximum Gasteiger partial charge on any atom is 0.323 e. The second-order valence-corrected chi connectivity index (χ2v) is 15.1. The summed E-state index contributed by atoms with van der Waals surface area (Å²) in [5.41, 5.74) is 2.68. The lowest BCUT2D eigenvalue weighted by molar-refractivity contribution is -0.150. The number of carbonyl (C=O) groups excluding carboxylic acids is 4. The van der Waals surface area contributed by atoms with Crippen LogP contribution in [0.3, 0.4) is 0 Å². The number of rotatable bonds is 7. The van der Waals surface area contributed by atoms with Crippen LogP contribution in [0.15, 0.2) is 45.3 Å². The summed E-state index contributed by atoms with van der Waals surface area (Å²) >= 11 is 6.78. The van der Waals surface area contributed by atoms with Crippen molar-refractivity contribution in [3.63, 3.8) is 0 Å². The first-order valence-electron chi connectivity index (χ1n) is 17.1. The van der Waals surface area contributed by atoms with Gasteiger partial charge in [-0.3, -0.25) is 14.5 Å². The van der Waals surface area contributed by atoms with E-state index in [2.05, 4.69) is 47.4 Å². The molecule has 264 valence electrons. The number of anilines is 1. The van der Waals surface area contributed by atoms with Crippen molar-refractivity contribution >= 4 is 61.5 Å². The Kier molecular flexibility index (Phi) is 11.3. The molecule has 3 N–H and O–H groups in total. The van der Waals surface area contributed by atoms with Gasteiger partial charge in [-0.05, 0) is 106 Å². The second kappa shape index (κ2) is 15.7. The number of fused-ring (bicyclic) bond motifs is 1. The average molecular weight is 805 g/mol. The van der Waals surface area contributed by atoms with Gasteiger partial charge < -0.3 is 35.2 Å². The number of carbonyl (C=O) groups is 4. The van der Waals surface area contributed by atoms with Gasteiger partial charge in [-0.1, -0.05) is 24.6 Å². The molecule has 0 saturated carbocycles. The summed E-state index contributed by atoms with van der Waals surface area (Å²) in [6.07, 6.45) is 5.80. The van der Waals surface area contributed by atoms with Crippen LogP contribution in [-0.2, 0) is 27.3 Å². The largest absolute Gasteiger partial charge is 0.506 e. The highest BCUT2D eigenvalue weighted by molar-refractivity contribution is 9.11. The van der Waals surface area contributed by atoms with Gasteiger partial charge in [-0.25, -0.2) is 9.59 Å². The topological polar surface area (TPSA) is 135 Å². The molecule has 12 nitrogen and oxygen atoms in total. The monoisotopic (exact) mass is 802 g/mol. The Balaban J connectivity index is 1.10. The SMILES string of the molecule is COC(=O)[C@@H]1CCCCN1C1CCN(C(=O)[C@@H](Cc2cc(Br)c(O)c(Br)c2)NC(=O)N2CCC(N3Cc4ccccc4NC3=O)CC2)CC1. The van der Waals surface area contributed by atoms with Crippen molar-refractivity contribution in [2.75, 3.05) is 45.2 Å². The maximum absolute atomic E-state index is 14.1. The summed E-state index contributed by atoms with van der Waals surface area (Å²) in [5.74, 6) is -0.288. The minimum atomic E-state index is -0.827. The van der Waals surface area contributed by atoms with E-state index < -0.39 is 6.04 Å². The highest BCUT2D eigenvalue weighted by Crippen LogP contribution is 2.34. The fourth-order valence-electron chi connectivity index (χ4n) is 7.73. The van der Waals surface area contributed by atoms with Crippen LogP contribution in [0.1, 0.15) is 56.1 Å². The van der Waals surface area contributed by atoms with Crippen molar-refractivity contribution in [1.82, 2.24) is 24.9 Å². The standard InChI is InChI=1S/C35H44Br2N6O6/c1-49-33(46)30-8-4-5-13-42(30)24-9-14-40(15-10-24)32(45)29(20-22-18-26(36)31(44)27(37)19-22)39-34(47)41-16-11-25(12-17-41)43-21-23-6-2-3-7-28(23)38-35(43)48/h2-3,6-7,18-19,24-25,29-30,44H,4-5,8-17,20-21H2,1H3,(H,38,48)(H,39,47)/t29-,30+/m1/s1. The third kappa shape index (κ3) is 8.01. The summed E-state index contributed by atoms with van der Waals surface area (Å²) in [6, 6.07) is 9.99. The number of urea groups is 2. The Morgan fingerprint density at radius 1 is 0.939 bits per heavy atom. The molecule has 0 aliphatic carbocycles. The van der Waals surface area contributed by atoms with Crippen LogP contribution in [-0.4, -0.2) is 113 Å². The van der Waals surface area contributed by atoms with Crippen molar-refractivity contribution in [3.05, 3.63) is 56.5 Å². The molecule has 4 heterocycles. The van der Waals surface area contributed by atoms with Crippen LogP contribution in [0.4, 0.5) is 15.3 Å². The molecule has 14 heteroatoms. The summed E-state index contributed by atoms with van der Waals surface area (Å²) in [7, 11) is 1.44. The molecular formula is C35H44Br2N6O6. The van der Waals surface area contributed by atoms with Crippen molar-refractivity contribution in [3.8, 4) is 5.75 Å². The molecule has 6 rings (SSSR count). The molecule has 3 fully saturated rings. The highest BCUT2D eigenvalue weighted by Gasteiger charge is 2.38. The molecule has 3 saturated heterocycles. The molecule has 2 aromatic carbocycles. The molecule has 4 aliphatic rings. The zero-order valence-corrected chi connectivity index (χ0v) is 30.9. The maximum atomic E-state index is 14.1. The smallest absolute Gasteiger partial charge is 0.323 e. The molecular weight excluding hydrogens is 760 g/mol. The Hall–Kier alpha value is -3.36. The number of phenolic OH excluding ortho intramolecular Hbond substituents is 1. The molecule has 2 aromatic rings. The number of methoxy groups -OCH3 is 1. The van der Waals surface area contributed by atoms with Gasteiger partial charge in [0.1, 0.15) is 17.8 Å². The fourth-order valence-corrected chi connectivity index (χ4v) is 9.01. The van der Waals surface area contributed by atoms with Gasteiger partial charge in [-0.15, -0.1) is 0 Å². The van der Waals surface area contributed by atoms with E-state index >= 15 is 0 Å². The quantitative estimate of drug-likeness (QED) is 0.333. The lowest BCUT2D eigenvalue weighted by Crippen LogP contribution is -2.58. The molecule has 5 amide bonds. The summed E-state index contributed by atoms with van der Waals surface area (Å²) in [5, 5.41) is 16.3. The van der Waals surface area contributed by atoms with Gasteiger partial charge >= 0.3 is 18.0 Å². The van der Waals surface area contributed by atoms with Crippen molar-refractivity contribution in [2.24, 2.45) is 0 Å². The van der Waals surface area contributed by atoms with Gasteiger partial charge in [0.25, 0.3) is 0 Å². The molecule has 0 spiro atoms.